The SMILES string of the molecule is CNCc1ccc(Br)c(S(=O)(=O)NCC(C)(C)OC)c1. The van der Waals surface area contributed by atoms with Crippen LogP contribution in [0.25, 0.3) is 0 Å². The standard InChI is InChI=1S/C13H21BrN2O3S/c1-13(2,19-4)9-16-20(17,18)12-7-10(8-15-3)5-6-11(12)14/h5-7,15-16H,8-9H2,1-4H3. The largest absolute Gasteiger partial charge is 0.377 e. The number of hydrogen-bond donors (Lipinski definition) is 2. The molecule has 0 aromatic heterocycles. The first-order valence-corrected chi connectivity index (χ1v) is 8.47. The van der Waals surface area contributed by atoms with E-state index in [1.807, 2.05) is 27.0 Å². The minimum atomic E-state index is -3.58. The van der Waals surface area contributed by atoms with Gasteiger partial charge in [0.05, 0.1) is 10.5 Å². The lowest BCUT2D eigenvalue weighted by Crippen LogP contribution is -2.39. The van der Waals surface area contributed by atoms with Gasteiger partial charge < -0.3 is 10.1 Å². The van der Waals surface area contributed by atoms with E-state index in [-0.39, 0.29) is 11.4 Å². The normalized spacial score (nSPS) is 12.7. The molecule has 0 heterocycles. The Balaban J connectivity index is 3.00. The molecule has 2 N–H and O–H groups in total. The summed E-state index contributed by atoms with van der Waals surface area (Å²) in [6.45, 7) is 4.46. The molecule has 0 aliphatic heterocycles. The van der Waals surface area contributed by atoms with Crippen molar-refractivity contribution in [2.75, 3.05) is 20.7 Å². The maximum atomic E-state index is 12.4. The van der Waals surface area contributed by atoms with E-state index in [1.165, 1.54) is 0 Å². The third kappa shape index (κ3) is 4.82. The van der Waals surface area contributed by atoms with Crippen molar-refractivity contribution < 1.29 is 13.2 Å². The molecule has 0 fully saturated rings. The fourth-order valence-electron chi connectivity index (χ4n) is 1.49. The van der Waals surface area contributed by atoms with Crippen LogP contribution in [0.2, 0.25) is 0 Å². The zero-order chi connectivity index (χ0) is 15.4. The maximum Gasteiger partial charge on any atom is 0.241 e. The summed E-state index contributed by atoms with van der Waals surface area (Å²) in [5.41, 5.74) is 0.351. The molecule has 0 spiro atoms. The van der Waals surface area contributed by atoms with Gasteiger partial charge in [0.2, 0.25) is 10.0 Å². The topological polar surface area (TPSA) is 67.4 Å². The molecular formula is C13H21BrN2O3S. The summed E-state index contributed by atoms with van der Waals surface area (Å²) in [6.07, 6.45) is 0. The number of halogens is 1. The van der Waals surface area contributed by atoms with Crippen LogP contribution in [0.4, 0.5) is 0 Å². The lowest BCUT2D eigenvalue weighted by molar-refractivity contribution is 0.0276. The summed E-state index contributed by atoms with van der Waals surface area (Å²) in [6, 6.07) is 5.27. The molecule has 114 valence electrons. The van der Waals surface area contributed by atoms with Crippen molar-refractivity contribution in [3.05, 3.63) is 28.2 Å². The van der Waals surface area contributed by atoms with E-state index < -0.39 is 15.6 Å². The molecule has 0 saturated heterocycles. The van der Waals surface area contributed by atoms with Gasteiger partial charge in [0.25, 0.3) is 0 Å². The van der Waals surface area contributed by atoms with E-state index in [0.29, 0.717) is 11.0 Å². The average Bonchev–Trinajstić information content (AvgIpc) is 2.39. The van der Waals surface area contributed by atoms with Crippen LogP contribution in [0.3, 0.4) is 0 Å². The van der Waals surface area contributed by atoms with Gasteiger partial charge in [0.15, 0.2) is 0 Å². The third-order valence-electron chi connectivity index (χ3n) is 2.91. The molecule has 0 aliphatic rings. The second-order valence-corrected chi connectivity index (χ2v) is 7.67. The fraction of sp³-hybridized carbons (Fsp3) is 0.538. The minimum absolute atomic E-state index is 0.203. The summed E-state index contributed by atoms with van der Waals surface area (Å²) in [5.74, 6) is 0. The van der Waals surface area contributed by atoms with Crippen LogP contribution in [-0.4, -0.2) is 34.7 Å². The van der Waals surface area contributed by atoms with Gasteiger partial charge in [-0.3, -0.25) is 0 Å². The van der Waals surface area contributed by atoms with Crippen LogP contribution in [0.5, 0.6) is 0 Å². The highest BCUT2D eigenvalue weighted by Gasteiger charge is 2.23. The lowest BCUT2D eigenvalue weighted by Gasteiger charge is -2.23. The summed E-state index contributed by atoms with van der Waals surface area (Å²) in [4.78, 5) is 0.233. The van der Waals surface area contributed by atoms with Crippen molar-refractivity contribution in [2.24, 2.45) is 0 Å². The number of nitrogens with one attached hydrogen (secondary N) is 2. The molecule has 0 aliphatic carbocycles. The highest BCUT2D eigenvalue weighted by atomic mass is 79.9. The van der Waals surface area contributed by atoms with E-state index >= 15 is 0 Å². The van der Waals surface area contributed by atoms with Crippen molar-refractivity contribution in [2.45, 2.75) is 30.9 Å². The second-order valence-electron chi connectivity index (χ2n) is 5.08. The summed E-state index contributed by atoms with van der Waals surface area (Å²) >= 11 is 3.28. The molecule has 1 aromatic rings. The van der Waals surface area contributed by atoms with Gasteiger partial charge in [0, 0.05) is 24.7 Å². The minimum Gasteiger partial charge on any atom is -0.377 e. The molecule has 5 nitrogen and oxygen atoms in total. The van der Waals surface area contributed by atoms with Gasteiger partial charge in [-0.25, -0.2) is 13.1 Å². The summed E-state index contributed by atoms with van der Waals surface area (Å²) in [5, 5.41) is 3.00. The zero-order valence-electron chi connectivity index (χ0n) is 12.2. The molecule has 0 atom stereocenters. The van der Waals surface area contributed by atoms with E-state index in [2.05, 4.69) is 26.0 Å². The molecule has 0 unspecified atom stereocenters. The van der Waals surface area contributed by atoms with E-state index in [1.54, 1.807) is 19.2 Å². The lowest BCUT2D eigenvalue weighted by atomic mass is 10.1. The molecule has 1 aromatic carbocycles. The zero-order valence-corrected chi connectivity index (χ0v) is 14.6. The van der Waals surface area contributed by atoms with Crippen molar-refractivity contribution in [1.82, 2.24) is 10.0 Å². The number of rotatable bonds is 7. The number of sulfonamides is 1. The fourth-order valence-corrected chi connectivity index (χ4v) is 3.70. The molecule has 0 amide bonds. The highest BCUT2D eigenvalue weighted by molar-refractivity contribution is 9.10. The van der Waals surface area contributed by atoms with Crippen LogP contribution < -0.4 is 10.0 Å². The molecular weight excluding hydrogens is 344 g/mol. The molecule has 0 radical (unpaired) electrons. The van der Waals surface area contributed by atoms with Crippen molar-refractivity contribution >= 4 is 26.0 Å². The Labute approximate surface area is 129 Å². The van der Waals surface area contributed by atoms with Crippen LogP contribution in [0.1, 0.15) is 19.4 Å². The van der Waals surface area contributed by atoms with Crippen LogP contribution >= 0.6 is 15.9 Å². The Morgan fingerprint density at radius 2 is 2.00 bits per heavy atom. The van der Waals surface area contributed by atoms with Crippen molar-refractivity contribution in [1.29, 1.82) is 0 Å². The van der Waals surface area contributed by atoms with Crippen molar-refractivity contribution in [3.63, 3.8) is 0 Å². The number of hydrogen-bond acceptors (Lipinski definition) is 4. The van der Waals surface area contributed by atoms with E-state index in [0.717, 1.165) is 5.56 Å². The van der Waals surface area contributed by atoms with Crippen LogP contribution in [-0.2, 0) is 21.3 Å². The second kappa shape index (κ2) is 7.00. The summed E-state index contributed by atoms with van der Waals surface area (Å²) < 4.78 is 33.0. The van der Waals surface area contributed by atoms with Gasteiger partial charge in [-0.2, -0.15) is 0 Å². The van der Waals surface area contributed by atoms with Crippen molar-refractivity contribution in [3.8, 4) is 0 Å². The first kappa shape index (κ1) is 17.6. The Morgan fingerprint density at radius 1 is 1.35 bits per heavy atom. The van der Waals surface area contributed by atoms with Gasteiger partial charge >= 0.3 is 0 Å². The quantitative estimate of drug-likeness (QED) is 0.774. The number of methoxy groups -OCH3 is 1. The predicted octanol–water partition coefficient (Wildman–Crippen LogP) is 1.87. The van der Waals surface area contributed by atoms with E-state index in [9.17, 15) is 8.42 Å². The molecule has 0 saturated carbocycles. The molecule has 7 heteroatoms. The van der Waals surface area contributed by atoms with Gasteiger partial charge in [-0.05, 0) is 54.5 Å². The van der Waals surface area contributed by atoms with Gasteiger partial charge in [0.1, 0.15) is 0 Å². The average molecular weight is 365 g/mol. The maximum absolute atomic E-state index is 12.4. The first-order valence-electron chi connectivity index (χ1n) is 6.20. The monoisotopic (exact) mass is 364 g/mol. The van der Waals surface area contributed by atoms with Crippen LogP contribution in [0, 0.1) is 0 Å². The van der Waals surface area contributed by atoms with E-state index in [4.69, 9.17) is 4.74 Å². The Hall–Kier alpha value is -0.470. The third-order valence-corrected chi connectivity index (χ3v) is 5.30. The number of ether oxygens (including phenoxy) is 1. The highest BCUT2D eigenvalue weighted by Crippen LogP contribution is 2.23. The molecule has 0 bridgehead atoms. The Bertz CT molecular complexity index is 559. The molecule has 20 heavy (non-hydrogen) atoms. The Kier molecular flexibility index (Phi) is 6.15. The smallest absolute Gasteiger partial charge is 0.241 e. The predicted molar refractivity (Wildman–Crippen MR) is 83.2 cm³/mol. The summed E-state index contributed by atoms with van der Waals surface area (Å²) in [7, 11) is -0.211. The molecule has 1 rings (SSSR count). The number of benzene rings is 1. The Morgan fingerprint density at radius 3 is 2.55 bits per heavy atom. The van der Waals surface area contributed by atoms with Gasteiger partial charge in [-0.1, -0.05) is 6.07 Å². The first-order chi connectivity index (χ1) is 9.22. The van der Waals surface area contributed by atoms with Crippen LogP contribution in [0.15, 0.2) is 27.6 Å². The van der Waals surface area contributed by atoms with Gasteiger partial charge in [-0.15, -0.1) is 0 Å².